The fourth-order valence-electron chi connectivity index (χ4n) is 3.78. The highest BCUT2D eigenvalue weighted by Crippen LogP contribution is 2.17. The van der Waals surface area contributed by atoms with Crippen LogP contribution in [0.15, 0.2) is 30.5 Å². The zero-order valence-electron chi connectivity index (χ0n) is 16.1. The van der Waals surface area contributed by atoms with Crippen LogP contribution in [0, 0.1) is 0 Å². The normalized spacial score (nSPS) is 18.9. The molecule has 0 saturated carbocycles. The maximum Gasteiger partial charge on any atom is 0.273 e. The second-order valence-corrected chi connectivity index (χ2v) is 7.40. The predicted molar refractivity (Wildman–Crippen MR) is 105 cm³/mol. The van der Waals surface area contributed by atoms with Crippen LogP contribution in [0.25, 0.3) is 0 Å². The minimum absolute atomic E-state index is 0.179. The summed E-state index contributed by atoms with van der Waals surface area (Å²) in [6.07, 6.45) is 3.80. The molecule has 1 aromatic carbocycles. The van der Waals surface area contributed by atoms with E-state index in [-0.39, 0.29) is 5.91 Å². The maximum absolute atomic E-state index is 12.5. The summed E-state index contributed by atoms with van der Waals surface area (Å²) in [4.78, 5) is 14.9. The van der Waals surface area contributed by atoms with Crippen LogP contribution in [-0.4, -0.2) is 65.2 Å². The molecule has 150 valence electrons. The Kier molecular flexibility index (Phi) is 6.31. The van der Waals surface area contributed by atoms with Gasteiger partial charge in [-0.3, -0.25) is 9.69 Å². The minimum atomic E-state index is -0.179. The number of hydrogen-bond donors (Lipinski definition) is 2. The number of piperidine rings is 1. The smallest absolute Gasteiger partial charge is 0.273 e. The highest BCUT2D eigenvalue weighted by molar-refractivity contribution is 5.91. The molecule has 1 amide bonds. The highest BCUT2D eigenvalue weighted by Gasteiger charge is 2.19. The number of nitrogens with one attached hydrogen (secondary N) is 2. The standard InChI is InChI=1S/C20H28N6O2/c27-20(19-15-26(24-23-19)18-5-7-21-8-6-18)22-13-16-3-1-2-4-17(16)14-25-9-11-28-12-10-25/h1-4,15,18,21H,5-14H2,(H,22,27). The van der Waals surface area contributed by atoms with Gasteiger partial charge in [0.05, 0.1) is 25.5 Å². The molecule has 3 heterocycles. The predicted octanol–water partition coefficient (Wildman–Crippen LogP) is 0.965. The third kappa shape index (κ3) is 4.76. The number of aromatic nitrogens is 3. The van der Waals surface area contributed by atoms with Crippen LogP contribution >= 0.6 is 0 Å². The van der Waals surface area contributed by atoms with Gasteiger partial charge in [-0.15, -0.1) is 5.10 Å². The topological polar surface area (TPSA) is 84.3 Å². The quantitative estimate of drug-likeness (QED) is 0.772. The monoisotopic (exact) mass is 384 g/mol. The summed E-state index contributed by atoms with van der Waals surface area (Å²) < 4.78 is 7.26. The molecule has 2 aliphatic rings. The van der Waals surface area contributed by atoms with Gasteiger partial charge in [0, 0.05) is 26.2 Å². The van der Waals surface area contributed by atoms with E-state index < -0.39 is 0 Å². The van der Waals surface area contributed by atoms with Gasteiger partial charge in [0.15, 0.2) is 5.69 Å². The van der Waals surface area contributed by atoms with Crippen molar-refractivity contribution in [3.05, 3.63) is 47.3 Å². The van der Waals surface area contributed by atoms with E-state index in [1.54, 1.807) is 6.20 Å². The zero-order chi connectivity index (χ0) is 19.2. The van der Waals surface area contributed by atoms with Gasteiger partial charge in [0.25, 0.3) is 5.91 Å². The van der Waals surface area contributed by atoms with E-state index in [0.717, 1.165) is 64.3 Å². The van der Waals surface area contributed by atoms with Gasteiger partial charge in [-0.1, -0.05) is 29.5 Å². The number of benzene rings is 1. The lowest BCUT2D eigenvalue weighted by molar-refractivity contribution is 0.0340. The van der Waals surface area contributed by atoms with Gasteiger partial charge < -0.3 is 15.4 Å². The average Bonchev–Trinajstić information content (AvgIpc) is 3.25. The summed E-state index contributed by atoms with van der Waals surface area (Å²) in [6.45, 7) is 6.77. The Labute approximate surface area is 165 Å². The van der Waals surface area contributed by atoms with E-state index in [2.05, 4.69) is 38.0 Å². The Morgan fingerprint density at radius 3 is 2.71 bits per heavy atom. The third-order valence-electron chi connectivity index (χ3n) is 5.48. The fraction of sp³-hybridized carbons (Fsp3) is 0.550. The zero-order valence-corrected chi connectivity index (χ0v) is 16.1. The van der Waals surface area contributed by atoms with Crippen LogP contribution in [0.5, 0.6) is 0 Å². The molecule has 0 unspecified atom stereocenters. The van der Waals surface area contributed by atoms with E-state index in [1.165, 1.54) is 5.56 Å². The summed E-state index contributed by atoms with van der Waals surface area (Å²) in [7, 11) is 0. The van der Waals surface area contributed by atoms with E-state index in [0.29, 0.717) is 18.3 Å². The van der Waals surface area contributed by atoms with Crippen molar-refractivity contribution in [2.45, 2.75) is 32.0 Å². The Bertz CT molecular complexity index is 781. The van der Waals surface area contributed by atoms with Gasteiger partial charge in [-0.2, -0.15) is 0 Å². The molecule has 2 fully saturated rings. The van der Waals surface area contributed by atoms with Gasteiger partial charge in [-0.25, -0.2) is 4.68 Å². The summed E-state index contributed by atoms with van der Waals surface area (Å²) >= 11 is 0. The van der Waals surface area contributed by atoms with Crippen molar-refractivity contribution in [2.75, 3.05) is 39.4 Å². The number of hydrogen-bond acceptors (Lipinski definition) is 6. The Morgan fingerprint density at radius 2 is 1.93 bits per heavy atom. The van der Waals surface area contributed by atoms with Crippen LogP contribution in [0.1, 0.15) is 40.5 Å². The number of amides is 1. The van der Waals surface area contributed by atoms with Crippen molar-refractivity contribution in [1.82, 2.24) is 30.5 Å². The molecule has 0 atom stereocenters. The molecule has 4 rings (SSSR count). The number of ether oxygens (including phenoxy) is 1. The first-order valence-electron chi connectivity index (χ1n) is 10.1. The molecule has 2 aliphatic heterocycles. The Hall–Kier alpha value is -2.29. The number of carbonyl (C=O) groups excluding carboxylic acids is 1. The molecule has 28 heavy (non-hydrogen) atoms. The molecule has 8 nitrogen and oxygen atoms in total. The van der Waals surface area contributed by atoms with Crippen LogP contribution in [0.2, 0.25) is 0 Å². The van der Waals surface area contributed by atoms with Crippen molar-refractivity contribution in [3.8, 4) is 0 Å². The van der Waals surface area contributed by atoms with Gasteiger partial charge >= 0.3 is 0 Å². The van der Waals surface area contributed by atoms with Crippen LogP contribution < -0.4 is 10.6 Å². The highest BCUT2D eigenvalue weighted by atomic mass is 16.5. The van der Waals surface area contributed by atoms with E-state index in [1.807, 2.05) is 16.8 Å². The van der Waals surface area contributed by atoms with Crippen molar-refractivity contribution in [1.29, 1.82) is 0 Å². The SMILES string of the molecule is O=C(NCc1ccccc1CN1CCOCC1)c1cn(C2CCNCC2)nn1. The molecule has 1 aromatic heterocycles. The van der Waals surface area contributed by atoms with Gasteiger partial charge in [0.2, 0.25) is 0 Å². The Balaban J connectivity index is 1.35. The maximum atomic E-state index is 12.5. The first-order chi connectivity index (χ1) is 13.8. The largest absolute Gasteiger partial charge is 0.379 e. The third-order valence-corrected chi connectivity index (χ3v) is 5.48. The summed E-state index contributed by atoms with van der Waals surface area (Å²) in [6, 6.07) is 8.58. The van der Waals surface area contributed by atoms with Gasteiger partial charge in [-0.05, 0) is 37.1 Å². The van der Waals surface area contributed by atoms with E-state index in [4.69, 9.17) is 4.74 Å². The van der Waals surface area contributed by atoms with E-state index in [9.17, 15) is 4.79 Å². The molecule has 8 heteroatoms. The molecule has 0 aliphatic carbocycles. The van der Waals surface area contributed by atoms with Crippen molar-refractivity contribution < 1.29 is 9.53 Å². The Morgan fingerprint density at radius 1 is 1.18 bits per heavy atom. The second-order valence-electron chi connectivity index (χ2n) is 7.40. The van der Waals surface area contributed by atoms with Crippen molar-refractivity contribution in [3.63, 3.8) is 0 Å². The number of rotatable bonds is 6. The van der Waals surface area contributed by atoms with Crippen LogP contribution in [-0.2, 0) is 17.8 Å². The molecule has 0 bridgehead atoms. The van der Waals surface area contributed by atoms with Crippen molar-refractivity contribution in [2.24, 2.45) is 0 Å². The summed E-state index contributed by atoms with van der Waals surface area (Å²) in [5, 5.41) is 14.6. The lowest BCUT2D eigenvalue weighted by Gasteiger charge is -2.27. The first kappa shape index (κ1) is 19.0. The number of morpholine rings is 1. The molecular formula is C20H28N6O2. The number of carbonyl (C=O) groups is 1. The molecule has 2 N–H and O–H groups in total. The molecule has 2 aromatic rings. The molecule has 0 radical (unpaired) electrons. The van der Waals surface area contributed by atoms with Crippen LogP contribution in [0.3, 0.4) is 0 Å². The average molecular weight is 384 g/mol. The lowest BCUT2D eigenvalue weighted by Crippen LogP contribution is -2.36. The van der Waals surface area contributed by atoms with Gasteiger partial charge in [0.1, 0.15) is 0 Å². The van der Waals surface area contributed by atoms with Crippen LogP contribution in [0.4, 0.5) is 0 Å². The number of nitrogens with zero attached hydrogens (tertiary/aromatic N) is 4. The second kappa shape index (κ2) is 9.27. The van der Waals surface area contributed by atoms with Crippen molar-refractivity contribution >= 4 is 5.91 Å². The first-order valence-corrected chi connectivity index (χ1v) is 10.1. The molecule has 0 spiro atoms. The summed E-state index contributed by atoms with van der Waals surface area (Å²) in [5.41, 5.74) is 2.75. The minimum Gasteiger partial charge on any atom is -0.379 e. The lowest BCUT2D eigenvalue weighted by atomic mass is 10.1. The molecular weight excluding hydrogens is 356 g/mol. The van der Waals surface area contributed by atoms with E-state index >= 15 is 0 Å². The summed E-state index contributed by atoms with van der Waals surface area (Å²) in [5.74, 6) is -0.179. The molecule has 2 saturated heterocycles. The fourth-order valence-corrected chi connectivity index (χ4v) is 3.78.